The highest BCUT2D eigenvalue weighted by molar-refractivity contribution is 7.22. The van der Waals surface area contributed by atoms with Crippen LogP contribution in [0.2, 0.25) is 0 Å². The van der Waals surface area contributed by atoms with Crippen LogP contribution < -0.4 is 5.73 Å². The Morgan fingerprint density at radius 3 is 2.69 bits per heavy atom. The van der Waals surface area contributed by atoms with Crippen LogP contribution in [0.4, 0.5) is 5.13 Å². The number of hydrogen-bond acceptors (Lipinski definition) is 4. The predicted molar refractivity (Wildman–Crippen MR) is 54.9 cm³/mol. The van der Waals surface area contributed by atoms with Crippen molar-refractivity contribution in [2.45, 2.75) is 26.2 Å². The van der Waals surface area contributed by atoms with Gasteiger partial charge in [-0.2, -0.15) is 5.10 Å². The number of fused-ring (bicyclic) bond motifs is 1. The number of hydrogen-bond donors (Lipinski definition) is 2. The lowest BCUT2D eigenvalue weighted by molar-refractivity contribution is 0.572. The first-order valence-corrected chi connectivity index (χ1v) is 4.91. The normalized spacial score (nSPS) is 12.5. The van der Waals surface area contributed by atoms with Crippen molar-refractivity contribution in [1.82, 2.24) is 15.2 Å². The standard InChI is InChI=1S/C8H12N4S/c1-8(2,3)5-4-6(12-11-5)10-7(9)13-4/h1-3H3,(H3,9,10,11,12). The number of nitrogens with one attached hydrogen (secondary N) is 1. The molecule has 3 N–H and O–H groups in total. The molecular formula is C8H12N4S. The van der Waals surface area contributed by atoms with Crippen molar-refractivity contribution in [2.24, 2.45) is 0 Å². The fourth-order valence-electron chi connectivity index (χ4n) is 1.24. The molecule has 0 radical (unpaired) electrons. The number of rotatable bonds is 0. The molecule has 0 saturated carbocycles. The zero-order chi connectivity index (χ0) is 9.64. The molecule has 0 unspecified atom stereocenters. The molecule has 0 aromatic carbocycles. The summed E-state index contributed by atoms with van der Waals surface area (Å²) in [6.45, 7) is 6.37. The van der Waals surface area contributed by atoms with E-state index in [4.69, 9.17) is 5.73 Å². The second-order valence-electron chi connectivity index (χ2n) is 4.05. The third-order valence-corrected chi connectivity index (χ3v) is 2.73. The van der Waals surface area contributed by atoms with Gasteiger partial charge in [-0.1, -0.05) is 32.1 Å². The summed E-state index contributed by atoms with van der Waals surface area (Å²) < 4.78 is 1.07. The second kappa shape index (κ2) is 2.45. The Morgan fingerprint density at radius 1 is 1.38 bits per heavy atom. The molecule has 0 aliphatic carbocycles. The monoisotopic (exact) mass is 196 g/mol. The van der Waals surface area contributed by atoms with E-state index < -0.39 is 0 Å². The van der Waals surface area contributed by atoms with Crippen molar-refractivity contribution in [3.8, 4) is 0 Å². The summed E-state index contributed by atoms with van der Waals surface area (Å²) in [4.78, 5) is 4.13. The zero-order valence-corrected chi connectivity index (χ0v) is 8.70. The van der Waals surface area contributed by atoms with Crippen molar-refractivity contribution >= 4 is 26.8 Å². The van der Waals surface area contributed by atoms with E-state index in [0.29, 0.717) is 5.13 Å². The van der Waals surface area contributed by atoms with Crippen molar-refractivity contribution in [2.75, 3.05) is 5.73 Å². The molecule has 2 aromatic heterocycles. The first-order valence-electron chi connectivity index (χ1n) is 4.09. The van der Waals surface area contributed by atoms with Gasteiger partial charge in [-0.05, 0) is 0 Å². The van der Waals surface area contributed by atoms with E-state index in [-0.39, 0.29) is 5.41 Å². The molecule has 4 nitrogen and oxygen atoms in total. The molecule has 2 rings (SSSR count). The number of anilines is 1. The molecule has 0 bridgehead atoms. The van der Waals surface area contributed by atoms with Crippen LogP contribution >= 0.6 is 11.3 Å². The minimum Gasteiger partial charge on any atom is -0.375 e. The average Bonchev–Trinajstić information content (AvgIpc) is 2.41. The van der Waals surface area contributed by atoms with Gasteiger partial charge in [0, 0.05) is 5.41 Å². The van der Waals surface area contributed by atoms with Crippen LogP contribution in [-0.2, 0) is 5.41 Å². The summed E-state index contributed by atoms with van der Waals surface area (Å²) in [5.41, 5.74) is 7.48. The smallest absolute Gasteiger partial charge is 0.182 e. The number of thiazole rings is 1. The van der Waals surface area contributed by atoms with E-state index in [1.54, 1.807) is 0 Å². The van der Waals surface area contributed by atoms with Crippen molar-refractivity contribution in [1.29, 1.82) is 0 Å². The van der Waals surface area contributed by atoms with Gasteiger partial charge in [0.15, 0.2) is 10.8 Å². The van der Waals surface area contributed by atoms with Gasteiger partial charge in [-0.25, -0.2) is 4.98 Å². The Morgan fingerprint density at radius 2 is 2.08 bits per heavy atom. The van der Waals surface area contributed by atoms with Gasteiger partial charge in [0.25, 0.3) is 0 Å². The highest BCUT2D eigenvalue weighted by atomic mass is 32.1. The lowest BCUT2D eigenvalue weighted by Gasteiger charge is -2.13. The highest BCUT2D eigenvalue weighted by Gasteiger charge is 2.22. The summed E-state index contributed by atoms with van der Waals surface area (Å²) in [6.07, 6.45) is 0. The Hall–Kier alpha value is -1.10. The van der Waals surface area contributed by atoms with Gasteiger partial charge in [-0.3, -0.25) is 5.10 Å². The Kier molecular flexibility index (Phi) is 1.60. The van der Waals surface area contributed by atoms with E-state index in [0.717, 1.165) is 16.0 Å². The summed E-state index contributed by atoms with van der Waals surface area (Å²) in [5.74, 6) is 0. The van der Waals surface area contributed by atoms with Crippen LogP contribution in [0, 0.1) is 0 Å². The predicted octanol–water partition coefficient (Wildman–Crippen LogP) is 1.90. The molecule has 0 amide bonds. The Balaban J connectivity index is 2.70. The van der Waals surface area contributed by atoms with E-state index in [9.17, 15) is 0 Å². The maximum absolute atomic E-state index is 5.61. The van der Waals surface area contributed by atoms with Crippen molar-refractivity contribution in [3.05, 3.63) is 5.69 Å². The molecule has 5 heteroatoms. The number of aromatic nitrogens is 3. The minimum absolute atomic E-state index is 0.0389. The first-order chi connectivity index (χ1) is 5.98. The van der Waals surface area contributed by atoms with Gasteiger partial charge in [0.05, 0.1) is 10.4 Å². The number of H-pyrrole nitrogens is 1. The third-order valence-electron chi connectivity index (χ3n) is 1.84. The molecule has 0 atom stereocenters. The van der Waals surface area contributed by atoms with Gasteiger partial charge >= 0.3 is 0 Å². The second-order valence-corrected chi connectivity index (χ2v) is 5.08. The molecule has 0 fully saturated rings. The van der Waals surface area contributed by atoms with E-state index in [1.165, 1.54) is 11.3 Å². The molecular weight excluding hydrogens is 184 g/mol. The molecule has 0 aliphatic heterocycles. The van der Waals surface area contributed by atoms with Gasteiger partial charge in [0.1, 0.15) is 0 Å². The fourth-order valence-corrected chi connectivity index (χ4v) is 2.22. The maximum Gasteiger partial charge on any atom is 0.182 e. The summed E-state index contributed by atoms with van der Waals surface area (Å²) >= 11 is 1.49. The van der Waals surface area contributed by atoms with Gasteiger partial charge < -0.3 is 5.73 Å². The van der Waals surface area contributed by atoms with Crippen LogP contribution in [0.5, 0.6) is 0 Å². The number of nitrogens with two attached hydrogens (primary N) is 1. The van der Waals surface area contributed by atoms with Crippen molar-refractivity contribution in [3.63, 3.8) is 0 Å². The van der Waals surface area contributed by atoms with Crippen molar-refractivity contribution < 1.29 is 0 Å². The van der Waals surface area contributed by atoms with E-state index in [1.807, 2.05) is 0 Å². The van der Waals surface area contributed by atoms with E-state index >= 15 is 0 Å². The van der Waals surface area contributed by atoms with Gasteiger partial charge in [-0.15, -0.1) is 0 Å². The number of aromatic amines is 1. The Labute approximate surface area is 80.2 Å². The summed E-state index contributed by atoms with van der Waals surface area (Å²) in [7, 11) is 0. The number of nitrogen functional groups attached to an aromatic ring is 1. The minimum atomic E-state index is 0.0389. The zero-order valence-electron chi connectivity index (χ0n) is 7.88. The number of nitrogens with zero attached hydrogens (tertiary/aromatic N) is 2. The first kappa shape index (κ1) is 8.50. The topological polar surface area (TPSA) is 67.6 Å². The highest BCUT2D eigenvalue weighted by Crippen LogP contribution is 2.32. The molecule has 0 aliphatic rings. The van der Waals surface area contributed by atoms with Crippen LogP contribution in [0.1, 0.15) is 26.5 Å². The lowest BCUT2D eigenvalue weighted by atomic mass is 9.92. The molecule has 0 spiro atoms. The Bertz CT molecular complexity index is 434. The van der Waals surface area contributed by atoms with Crippen LogP contribution in [-0.4, -0.2) is 15.2 Å². The molecule has 0 saturated heterocycles. The largest absolute Gasteiger partial charge is 0.375 e. The fraction of sp³-hybridized carbons (Fsp3) is 0.500. The third kappa shape index (κ3) is 1.29. The molecule has 70 valence electrons. The maximum atomic E-state index is 5.61. The lowest BCUT2D eigenvalue weighted by Crippen LogP contribution is -2.11. The van der Waals surface area contributed by atoms with Gasteiger partial charge in [0.2, 0.25) is 0 Å². The van der Waals surface area contributed by atoms with E-state index in [2.05, 4.69) is 36.0 Å². The molecule has 2 aromatic rings. The van der Waals surface area contributed by atoms with Crippen LogP contribution in [0.25, 0.3) is 10.3 Å². The van der Waals surface area contributed by atoms with Crippen LogP contribution in [0.15, 0.2) is 0 Å². The summed E-state index contributed by atoms with van der Waals surface area (Å²) in [6, 6.07) is 0. The molecule has 13 heavy (non-hydrogen) atoms. The SMILES string of the molecule is CC(C)(C)c1n[nH]c2nc(N)sc12. The summed E-state index contributed by atoms with van der Waals surface area (Å²) in [5, 5.41) is 7.71. The molecule has 2 heterocycles. The quantitative estimate of drug-likeness (QED) is 0.676. The average molecular weight is 196 g/mol. The van der Waals surface area contributed by atoms with Crippen LogP contribution in [0.3, 0.4) is 0 Å².